The van der Waals surface area contributed by atoms with Crippen molar-refractivity contribution in [2.75, 3.05) is 20.2 Å². The van der Waals surface area contributed by atoms with Gasteiger partial charge in [0.25, 0.3) is 0 Å². The molecule has 2 aromatic carbocycles. The number of hydrogen-bond donors (Lipinski definition) is 0. The van der Waals surface area contributed by atoms with Crippen LogP contribution in [0.15, 0.2) is 66.9 Å². The first kappa shape index (κ1) is 22.1. The summed E-state index contributed by atoms with van der Waals surface area (Å²) in [5.41, 5.74) is 6.00. The molecular formula is C28H32N2O2. The summed E-state index contributed by atoms with van der Waals surface area (Å²) in [7, 11) is 1.68. The Balaban J connectivity index is 1.34. The first-order valence-corrected chi connectivity index (χ1v) is 11.5. The third-order valence-corrected chi connectivity index (χ3v) is 6.33. The maximum atomic E-state index is 12.9. The van der Waals surface area contributed by atoms with Gasteiger partial charge in [-0.3, -0.25) is 9.78 Å². The summed E-state index contributed by atoms with van der Waals surface area (Å²) in [5.74, 6) is 1.38. The molecule has 1 aromatic heterocycles. The number of aryl methyl sites for hydroxylation is 2. The minimum atomic E-state index is 0.219. The van der Waals surface area contributed by atoms with Gasteiger partial charge in [-0.05, 0) is 61.4 Å². The van der Waals surface area contributed by atoms with Gasteiger partial charge >= 0.3 is 0 Å². The lowest BCUT2D eigenvalue weighted by atomic mass is 9.93. The Morgan fingerprint density at radius 1 is 1.09 bits per heavy atom. The molecule has 2 heterocycles. The predicted molar refractivity (Wildman–Crippen MR) is 128 cm³/mol. The van der Waals surface area contributed by atoms with Crippen LogP contribution in [-0.2, 0) is 17.6 Å². The number of para-hydroxylation sites is 1. The fourth-order valence-electron chi connectivity index (χ4n) is 4.59. The molecule has 4 rings (SSSR count). The Morgan fingerprint density at radius 2 is 1.97 bits per heavy atom. The fraction of sp³-hybridized carbons (Fsp3) is 0.357. The summed E-state index contributed by atoms with van der Waals surface area (Å²) < 4.78 is 5.42. The van der Waals surface area contributed by atoms with Crippen LogP contribution in [0.4, 0.5) is 0 Å². The first-order valence-electron chi connectivity index (χ1n) is 11.5. The van der Waals surface area contributed by atoms with E-state index in [-0.39, 0.29) is 5.91 Å². The van der Waals surface area contributed by atoms with Crippen LogP contribution in [0.5, 0.6) is 5.75 Å². The topological polar surface area (TPSA) is 42.4 Å². The number of rotatable bonds is 7. The van der Waals surface area contributed by atoms with Crippen molar-refractivity contribution in [3.05, 3.63) is 94.8 Å². The molecular weight excluding hydrogens is 396 g/mol. The maximum absolute atomic E-state index is 12.9. The Bertz CT molecular complexity index is 1050. The molecule has 1 saturated heterocycles. The molecule has 0 saturated carbocycles. The monoisotopic (exact) mass is 428 g/mol. The average Bonchev–Trinajstić information content (AvgIpc) is 2.83. The number of aromatic nitrogens is 1. The third kappa shape index (κ3) is 5.56. The summed E-state index contributed by atoms with van der Waals surface area (Å²) in [6.45, 7) is 3.72. The van der Waals surface area contributed by atoms with Crippen molar-refractivity contribution in [1.82, 2.24) is 9.88 Å². The molecule has 4 heteroatoms. The Hall–Kier alpha value is -3.14. The van der Waals surface area contributed by atoms with E-state index < -0.39 is 0 Å². The minimum absolute atomic E-state index is 0.219. The van der Waals surface area contributed by atoms with Crippen molar-refractivity contribution in [3.8, 4) is 5.75 Å². The molecule has 1 amide bonds. The number of pyridine rings is 1. The van der Waals surface area contributed by atoms with Gasteiger partial charge in [0.05, 0.1) is 7.11 Å². The fourth-order valence-corrected chi connectivity index (χ4v) is 4.59. The van der Waals surface area contributed by atoms with Gasteiger partial charge in [-0.1, -0.05) is 54.1 Å². The number of amides is 1. The molecule has 0 bridgehead atoms. The SMILES string of the molecule is COc1ccccc1CCC(=O)N1CCC[C@H](c2ccc(Cc3cccc(C)c3)cn2)C1. The smallest absolute Gasteiger partial charge is 0.222 e. The highest BCUT2D eigenvalue weighted by Crippen LogP contribution is 2.27. The zero-order valence-corrected chi connectivity index (χ0v) is 19.1. The molecule has 1 aliphatic rings. The van der Waals surface area contributed by atoms with Crippen LogP contribution in [0.2, 0.25) is 0 Å². The summed E-state index contributed by atoms with van der Waals surface area (Å²) >= 11 is 0. The molecule has 0 spiro atoms. The van der Waals surface area contributed by atoms with Gasteiger partial charge in [-0.25, -0.2) is 0 Å². The lowest BCUT2D eigenvalue weighted by Crippen LogP contribution is -2.39. The number of nitrogens with zero attached hydrogens (tertiary/aromatic N) is 2. The molecule has 4 nitrogen and oxygen atoms in total. The minimum Gasteiger partial charge on any atom is -0.496 e. The summed E-state index contributed by atoms with van der Waals surface area (Å²) in [5, 5.41) is 0. The van der Waals surface area contributed by atoms with Crippen LogP contribution in [0.3, 0.4) is 0 Å². The summed E-state index contributed by atoms with van der Waals surface area (Å²) in [4.78, 5) is 19.7. The molecule has 3 aromatic rings. The molecule has 166 valence electrons. The van der Waals surface area contributed by atoms with Crippen molar-refractivity contribution in [3.63, 3.8) is 0 Å². The van der Waals surface area contributed by atoms with Gasteiger partial charge in [0.1, 0.15) is 5.75 Å². The number of likely N-dealkylation sites (tertiary alicyclic amines) is 1. The number of carbonyl (C=O) groups excluding carboxylic acids is 1. The van der Waals surface area contributed by atoms with Crippen LogP contribution in [0, 0.1) is 6.92 Å². The van der Waals surface area contributed by atoms with E-state index in [1.807, 2.05) is 35.4 Å². The molecule has 0 aliphatic carbocycles. The van der Waals surface area contributed by atoms with Gasteiger partial charge in [0, 0.05) is 37.3 Å². The second kappa shape index (κ2) is 10.4. The zero-order valence-electron chi connectivity index (χ0n) is 19.1. The summed E-state index contributed by atoms with van der Waals surface area (Å²) in [6, 6.07) is 20.9. The number of piperidine rings is 1. The molecule has 0 unspecified atom stereocenters. The number of methoxy groups -OCH3 is 1. The number of benzene rings is 2. The van der Waals surface area contributed by atoms with Gasteiger partial charge < -0.3 is 9.64 Å². The number of hydrogen-bond acceptors (Lipinski definition) is 3. The van der Waals surface area contributed by atoms with Crippen LogP contribution in [0.1, 0.15) is 53.1 Å². The molecule has 0 radical (unpaired) electrons. The maximum Gasteiger partial charge on any atom is 0.222 e. The first-order chi connectivity index (χ1) is 15.6. The lowest BCUT2D eigenvalue weighted by Gasteiger charge is -2.32. The highest BCUT2D eigenvalue weighted by Gasteiger charge is 2.25. The Morgan fingerprint density at radius 3 is 2.75 bits per heavy atom. The molecule has 0 N–H and O–H groups in total. The largest absolute Gasteiger partial charge is 0.496 e. The standard InChI is InChI=1S/C28H32N2O2/c1-21-7-5-8-22(17-21)18-23-12-14-26(29-19-23)25-10-6-16-30(20-25)28(31)15-13-24-9-3-4-11-27(24)32-2/h3-5,7-9,11-12,14,17,19,25H,6,10,13,15-16,18,20H2,1-2H3/t25-/m0/s1. The number of ether oxygens (including phenoxy) is 1. The molecule has 1 aliphatic heterocycles. The Kier molecular flexibility index (Phi) is 7.21. The van der Waals surface area contributed by atoms with Crippen LogP contribution in [-0.4, -0.2) is 36.0 Å². The van der Waals surface area contributed by atoms with Gasteiger partial charge in [-0.2, -0.15) is 0 Å². The highest BCUT2D eigenvalue weighted by molar-refractivity contribution is 5.76. The van der Waals surface area contributed by atoms with Gasteiger partial charge in [0.2, 0.25) is 5.91 Å². The van der Waals surface area contributed by atoms with Gasteiger partial charge in [0.15, 0.2) is 0 Å². The normalized spacial score (nSPS) is 16.1. The average molecular weight is 429 g/mol. The molecule has 32 heavy (non-hydrogen) atoms. The van der Waals surface area contributed by atoms with E-state index in [0.717, 1.165) is 49.4 Å². The molecule has 1 atom stereocenters. The van der Waals surface area contributed by atoms with Crippen LogP contribution in [0.25, 0.3) is 0 Å². The van der Waals surface area contributed by atoms with E-state index in [2.05, 4.69) is 43.3 Å². The van der Waals surface area contributed by atoms with Crippen molar-refractivity contribution < 1.29 is 9.53 Å². The van der Waals surface area contributed by atoms with Crippen LogP contribution < -0.4 is 4.74 Å². The number of carbonyl (C=O) groups is 1. The van der Waals surface area contributed by atoms with E-state index in [1.165, 1.54) is 16.7 Å². The summed E-state index contributed by atoms with van der Waals surface area (Å²) in [6.07, 6.45) is 6.22. The third-order valence-electron chi connectivity index (χ3n) is 6.33. The highest BCUT2D eigenvalue weighted by atomic mass is 16.5. The Labute approximate surface area is 191 Å². The van der Waals surface area contributed by atoms with Gasteiger partial charge in [-0.15, -0.1) is 0 Å². The van der Waals surface area contributed by atoms with E-state index in [9.17, 15) is 4.79 Å². The van der Waals surface area contributed by atoms with Crippen LogP contribution >= 0.6 is 0 Å². The van der Waals surface area contributed by atoms with Crippen molar-refractivity contribution in [2.45, 2.75) is 44.9 Å². The zero-order chi connectivity index (χ0) is 22.3. The van der Waals surface area contributed by atoms with E-state index >= 15 is 0 Å². The second-order valence-electron chi connectivity index (χ2n) is 8.75. The molecule has 1 fully saturated rings. The van der Waals surface area contributed by atoms with E-state index in [4.69, 9.17) is 9.72 Å². The quantitative estimate of drug-likeness (QED) is 0.511. The van der Waals surface area contributed by atoms with Crippen molar-refractivity contribution in [2.24, 2.45) is 0 Å². The van der Waals surface area contributed by atoms with E-state index in [0.29, 0.717) is 18.8 Å². The lowest BCUT2D eigenvalue weighted by molar-refractivity contribution is -0.132. The van der Waals surface area contributed by atoms with E-state index in [1.54, 1.807) is 7.11 Å². The predicted octanol–water partition coefficient (Wildman–Crippen LogP) is 5.33. The van der Waals surface area contributed by atoms with Crippen molar-refractivity contribution in [1.29, 1.82) is 0 Å². The van der Waals surface area contributed by atoms with Crippen molar-refractivity contribution >= 4 is 5.91 Å². The second-order valence-corrected chi connectivity index (χ2v) is 8.75.